The van der Waals surface area contributed by atoms with Gasteiger partial charge >= 0.3 is 5.97 Å². The van der Waals surface area contributed by atoms with Gasteiger partial charge in [-0.2, -0.15) is 0 Å². The van der Waals surface area contributed by atoms with Gasteiger partial charge in [-0.25, -0.2) is 0 Å². The first kappa shape index (κ1) is 17.7. The minimum Gasteiger partial charge on any atom is -0.455 e. The molecule has 0 aromatic rings. The molecule has 0 unspecified atom stereocenters. The summed E-state index contributed by atoms with van der Waals surface area (Å²) < 4.78 is 5.29. The lowest BCUT2D eigenvalue weighted by Gasteiger charge is -2.24. The van der Waals surface area contributed by atoms with Gasteiger partial charge in [0.15, 0.2) is 0 Å². The normalized spacial score (nSPS) is 14.5. The van der Waals surface area contributed by atoms with Crippen LogP contribution in [0.3, 0.4) is 0 Å². The van der Waals surface area contributed by atoms with Crippen molar-refractivity contribution in [3.63, 3.8) is 0 Å². The fraction of sp³-hybridized carbons (Fsp3) is 0.588. The molecule has 0 amide bonds. The van der Waals surface area contributed by atoms with Gasteiger partial charge in [-0.15, -0.1) is 0 Å². The summed E-state index contributed by atoms with van der Waals surface area (Å²) >= 11 is 0. The van der Waals surface area contributed by atoms with E-state index in [1.165, 1.54) is 18.1 Å². The molecule has 108 valence electrons. The predicted molar refractivity (Wildman–Crippen MR) is 82.0 cm³/mol. The van der Waals surface area contributed by atoms with Crippen LogP contribution in [0.15, 0.2) is 36.0 Å². The van der Waals surface area contributed by atoms with Crippen LogP contribution in [-0.2, 0) is 9.53 Å². The Bertz CT molecular complexity index is 359. The minimum absolute atomic E-state index is 0.258. The molecule has 0 radical (unpaired) electrons. The number of rotatable bonds is 8. The van der Waals surface area contributed by atoms with Crippen molar-refractivity contribution in [2.45, 2.75) is 65.9 Å². The molecule has 0 aliphatic heterocycles. The van der Waals surface area contributed by atoms with Crippen molar-refractivity contribution in [3.05, 3.63) is 36.0 Å². The smallest absolute Gasteiger partial charge is 0.303 e. The molecule has 0 aromatic carbocycles. The van der Waals surface area contributed by atoms with E-state index in [9.17, 15) is 4.79 Å². The van der Waals surface area contributed by atoms with Crippen molar-refractivity contribution in [2.24, 2.45) is 0 Å². The van der Waals surface area contributed by atoms with Gasteiger partial charge in [0.1, 0.15) is 5.60 Å². The Labute approximate surface area is 118 Å². The average Bonchev–Trinajstić information content (AvgIpc) is 2.27. The van der Waals surface area contributed by atoms with Crippen LogP contribution in [0.4, 0.5) is 0 Å². The number of hydrogen-bond acceptors (Lipinski definition) is 2. The van der Waals surface area contributed by atoms with Crippen molar-refractivity contribution >= 4 is 5.97 Å². The second-order valence-corrected chi connectivity index (χ2v) is 5.52. The molecule has 1 atom stereocenters. The summed E-state index contributed by atoms with van der Waals surface area (Å²) in [7, 11) is 0. The van der Waals surface area contributed by atoms with E-state index in [2.05, 4.69) is 39.5 Å². The van der Waals surface area contributed by atoms with E-state index in [4.69, 9.17) is 4.74 Å². The van der Waals surface area contributed by atoms with Gasteiger partial charge in [0.05, 0.1) is 0 Å². The number of carbonyl (C=O) groups excluding carboxylic acids is 1. The van der Waals surface area contributed by atoms with Crippen LogP contribution < -0.4 is 0 Å². The number of hydrogen-bond donors (Lipinski definition) is 0. The first-order chi connectivity index (χ1) is 8.79. The maximum absolute atomic E-state index is 11.0. The number of esters is 1. The Morgan fingerprint density at radius 2 is 1.79 bits per heavy atom. The van der Waals surface area contributed by atoms with E-state index >= 15 is 0 Å². The van der Waals surface area contributed by atoms with Crippen LogP contribution in [0, 0.1) is 0 Å². The second-order valence-electron chi connectivity index (χ2n) is 5.52. The SMILES string of the molecule is C=C[C@@](C)(CC/C=C(\C)CCC=C(C)C)OC(C)=O. The third kappa shape index (κ3) is 9.29. The van der Waals surface area contributed by atoms with Crippen molar-refractivity contribution in [1.29, 1.82) is 0 Å². The highest BCUT2D eigenvalue weighted by atomic mass is 16.6. The molecule has 0 aliphatic rings. The van der Waals surface area contributed by atoms with Crippen LogP contribution in [0.25, 0.3) is 0 Å². The van der Waals surface area contributed by atoms with Crippen molar-refractivity contribution < 1.29 is 9.53 Å². The highest BCUT2D eigenvalue weighted by Gasteiger charge is 2.22. The van der Waals surface area contributed by atoms with Gasteiger partial charge < -0.3 is 4.74 Å². The van der Waals surface area contributed by atoms with E-state index in [-0.39, 0.29) is 5.97 Å². The summed E-state index contributed by atoms with van der Waals surface area (Å²) in [5.74, 6) is -0.258. The van der Waals surface area contributed by atoms with Crippen LogP contribution in [0.1, 0.15) is 60.3 Å². The third-order valence-corrected chi connectivity index (χ3v) is 3.03. The van der Waals surface area contributed by atoms with Crippen molar-refractivity contribution in [2.75, 3.05) is 0 Å². The lowest BCUT2D eigenvalue weighted by atomic mass is 9.98. The molecule has 0 heterocycles. The standard InChI is InChI=1S/C17H28O2/c1-7-17(6,19-16(5)18)13-9-12-15(4)11-8-10-14(2)3/h7,10,12H,1,8-9,11,13H2,2-6H3/b15-12+/t17-/m0/s1. The molecule has 2 heteroatoms. The largest absolute Gasteiger partial charge is 0.455 e. The predicted octanol–water partition coefficient (Wildman–Crippen LogP) is 4.97. The maximum Gasteiger partial charge on any atom is 0.303 e. The fourth-order valence-corrected chi connectivity index (χ4v) is 1.82. The topological polar surface area (TPSA) is 26.3 Å². The molecular formula is C17H28O2. The summed E-state index contributed by atoms with van der Waals surface area (Å²) in [4.78, 5) is 11.0. The molecule has 19 heavy (non-hydrogen) atoms. The molecule has 0 aliphatic carbocycles. The summed E-state index contributed by atoms with van der Waals surface area (Å²) in [5, 5.41) is 0. The number of ether oxygens (including phenoxy) is 1. The molecule has 0 spiro atoms. The lowest BCUT2D eigenvalue weighted by molar-refractivity contribution is -0.151. The van der Waals surface area contributed by atoms with Gasteiger partial charge in [-0.05, 0) is 59.5 Å². The first-order valence-corrected chi connectivity index (χ1v) is 6.91. The molecule has 2 nitrogen and oxygen atoms in total. The molecular weight excluding hydrogens is 236 g/mol. The monoisotopic (exact) mass is 264 g/mol. The van der Waals surface area contributed by atoms with Gasteiger partial charge in [-0.3, -0.25) is 4.79 Å². The Morgan fingerprint density at radius 3 is 2.26 bits per heavy atom. The summed E-state index contributed by atoms with van der Waals surface area (Å²) in [6.07, 6.45) is 10.0. The van der Waals surface area contributed by atoms with Crippen LogP contribution in [-0.4, -0.2) is 11.6 Å². The Morgan fingerprint density at radius 1 is 1.16 bits per heavy atom. The number of allylic oxidation sites excluding steroid dienone is 4. The van der Waals surface area contributed by atoms with E-state index in [1.807, 2.05) is 6.92 Å². The number of carbonyl (C=O) groups is 1. The van der Waals surface area contributed by atoms with Gasteiger partial charge in [0, 0.05) is 6.92 Å². The Kier molecular flexibility index (Phi) is 8.13. The summed E-state index contributed by atoms with van der Waals surface area (Å²) in [6, 6.07) is 0. The summed E-state index contributed by atoms with van der Waals surface area (Å²) in [6.45, 7) is 13.5. The molecule has 0 N–H and O–H groups in total. The van der Waals surface area contributed by atoms with Gasteiger partial charge in [0.2, 0.25) is 0 Å². The van der Waals surface area contributed by atoms with Crippen LogP contribution >= 0.6 is 0 Å². The molecule has 0 aromatic heterocycles. The second kappa shape index (κ2) is 8.73. The molecule has 0 saturated carbocycles. The molecule has 0 rings (SSSR count). The van der Waals surface area contributed by atoms with E-state index in [0.29, 0.717) is 0 Å². The van der Waals surface area contributed by atoms with Gasteiger partial charge in [0.25, 0.3) is 0 Å². The fourth-order valence-electron chi connectivity index (χ4n) is 1.82. The van der Waals surface area contributed by atoms with Crippen molar-refractivity contribution in [3.8, 4) is 0 Å². The zero-order valence-corrected chi connectivity index (χ0v) is 13.1. The van der Waals surface area contributed by atoms with Crippen LogP contribution in [0.5, 0.6) is 0 Å². The van der Waals surface area contributed by atoms with Crippen LogP contribution in [0.2, 0.25) is 0 Å². The average molecular weight is 264 g/mol. The quantitative estimate of drug-likeness (QED) is 0.457. The third-order valence-electron chi connectivity index (χ3n) is 3.03. The Balaban J connectivity index is 4.20. The highest BCUT2D eigenvalue weighted by molar-refractivity contribution is 5.66. The van der Waals surface area contributed by atoms with Gasteiger partial charge in [-0.1, -0.05) is 29.9 Å². The zero-order chi connectivity index (χ0) is 14.9. The maximum atomic E-state index is 11.0. The van der Waals surface area contributed by atoms with E-state index in [1.54, 1.807) is 6.08 Å². The first-order valence-electron chi connectivity index (χ1n) is 6.91. The molecule has 0 bridgehead atoms. The van der Waals surface area contributed by atoms with E-state index in [0.717, 1.165) is 25.7 Å². The highest BCUT2D eigenvalue weighted by Crippen LogP contribution is 2.20. The minimum atomic E-state index is -0.553. The van der Waals surface area contributed by atoms with E-state index < -0.39 is 5.60 Å². The van der Waals surface area contributed by atoms with Crippen molar-refractivity contribution in [1.82, 2.24) is 0 Å². The summed E-state index contributed by atoms with van der Waals surface area (Å²) in [5.41, 5.74) is 2.19. The lowest BCUT2D eigenvalue weighted by Crippen LogP contribution is -2.27. The molecule has 0 fully saturated rings. The molecule has 0 saturated heterocycles. The Hall–Kier alpha value is -1.31. The zero-order valence-electron chi connectivity index (χ0n) is 13.1.